The van der Waals surface area contributed by atoms with Gasteiger partial charge in [0.15, 0.2) is 6.61 Å². The fourth-order valence-electron chi connectivity index (χ4n) is 3.94. The summed E-state index contributed by atoms with van der Waals surface area (Å²) in [6.07, 6.45) is -2.87. The van der Waals surface area contributed by atoms with Gasteiger partial charge in [0.1, 0.15) is 29.4 Å². The summed E-state index contributed by atoms with van der Waals surface area (Å²) in [5, 5.41) is 10.3. The van der Waals surface area contributed by atoms with Crippen molar-refractivity contribution in [3.05, 3.63) is 90.0 Å². The summed E-state index contributed by atoms with van der Waals surface area (Å²) in [5.74, 6) is -7.88. The van der Waals surface area contributed by atoms with Crippen LogP contribution >= 0.6 is 0 Å². The number of hydrogen-bond donors (Lipinski definition) is 0. The Morgan fingerprint density at radius 2 is 1.66 bits per heavy atom. The van der Waals surface area contributed by atoms with E-state index < -0.39 is 59.7 Å². The molecule has 216 valence electrons. The lowest BCUT2D eigenvalue weighted by atomic mass is 9.83. The van der Waals surface area contributed by atoms with E-state index in [1.165, 1.54) is 37.3 Å². The number of alkyl halides is 5. The molecule has 0 saturated carbocycles. The first kappa shape index (κ1) is 29.4. The summed E-state index contributed by atoms with van der Waals surface area (Å²) < 4.78 is 110. The highest BCUT2D eigenvalue weighted by Gasteiger charge is 2.62. The summed E-state index contributed by atoms with van der Waals surface area (Å²) >= 11 is 0. The maximum Gasteiger partial charge on any atom is 0.422 e. The zero-order valence-corrected chi connectivity index (χ0v) is 21.1. The van der Waals surface area contributed by atoms with E-state index in [0.717, 1.165) is 35.4 Å². The molecule has 2 heterocycles. The maximum atomic E-state index is 16.5. The van der Waals surface area contributed by atoms with Crippen LogP contribution in [-0.4, -0.2) is 43.9 Å². The number of tetrazole rings is 1. The lowest BCUT2D eigenvalue weighted by molar-refractivity contribution is -0.232. The van der Waals surface area contributed by atoms with E-state index >= 15 is 13.2 Å². The van der Waals surface area contributed by atoms with Crippen LogP contribution in [0.25, 0.3) is 11.1 Å². The van der Waals surface area contributed by atoms with Crippen LogP contribution in [0.4, 0.5) is 30.7 Å². The predicted molar refractivity (Wildman–Crippen MR) is 127 cm³/mol. The number of pyridine rings is 1. The van der Waals surface area contributed by atoms with Crippen LogP contribution in [0.15, 0.2) is 67.1 Å². The fourth-order valence-corrected chi connectivity index (χ4v) is 3.94. The molecule has 0 amide bonds. The van der Waals surface area contributed by atoms with Gasteiger partial charge in [0, 0.05) is 29.8 Å². The number of aromatic nitrogens is 5. The van der Waals surface area contributed by atoms with Crippen molar-refractivity contribution in [1.82, 2.24) is 25.2 Å². The van der Waals surface area contributed by atoms with E-state index in [-0.39, 0.29) is 12.2 Å². The molecule has 1 unspecified atom stereocenters. The average molecular weight is 583 g/mol. The molecule has 8 nitrogen and oxygen atoms in total. The predicted octanol–water partition coefficient (Wildman–Crippen LogP) is 5.60. The first-order chi connectivity index (χ1) is 19.3. The van der Waals surface area contributed by atoms with Crippen molar-refractivity contribution < 1.29 is 45.0 Å². The molecule has 0 aliphatic carbocycles. The van der Waals surface area contributed by atoms with Crippen LogP contribution in [-0.2, 0) is 27.6 Å². The monoisotopic (exact) mass is 583 g/mol. The van der Waals surface area contributed by atoms with Crippen molar-refractivity contribution in [2.24, 2.45) is 0 Å². The van der Waals surface area contributed by atoms with Gasteiger partial charge >= 0.3 is 18.1 Å². The Kier molecular flexibility index (Phi) is 8.26. The number of benzene rings is 2. The number of esters is 1. The minimum Gasteiger partial charge on any atom is -0.484 e. The number of halogens is 7. The van der Waals surface area contributed by atoms with Crippen molar-refractivity contribution >= 4 is 5.97 Å². The minimum absolute atomic E-state index is 0.0614. The van der Waals surface area contributed by atoms with Gasteiger partial charge in [0.2, 0.25) is 5.60 Å². The molecule has 0 fully saturated rings. The molecule has 0 bridgehead atoms. The molecule has 0 spiro atoms. The van der Waals surface area contributed by atoms with Crippen LogP contribution in [0.1, 0.15) is 24.6 Å². The highest BCUT2D eigenvalue weighted by molar-refractivity contribution is 5.70. The third-order valence-electron chi connectivity index (χ3n) is 5.90. The van der Waals surface area contributed by atoms with Crippen LogP contribution in [0.3, 0.4) is 0 Å². The molecular weight excluding hydrogens is 563 g/mol. The van der Waals surface area contributed by atoms with Gasteiger partial charge in [0.25, 0.3) is 0 Å². The van der Waals surface area contributed by atoms with Gasteiger partial charge in [-0.25, -0.2) is 13.5 Å². The standard InChI is InChI=1S/C26H20F7N5O3/c1-2-23(39)41-24(13-38-15-35-36-37-38,20-9-6-18(27)11-21(20)28)26(32,33)22-10-5-17(12-34-22)16-3-7-19(8-4-16)40-14-25(29,30)31/h3-12,15H,2,13-14H2,1H3. The van der Waals surface area contributed by atoms with Gasteiger partial charge in [0.05, 0.1) is 6.54 Å². The van der Waals surface area contributed by atoms with E-state index in [1.54, 1.807) is 0 Å². The second-order valence-electron chi connectivity index (χ2n) is 8.72. The zero-order valence-electron chi connectivity index (χ0n) is 21.1. The van der Waals surface area contributed by atoms with E-state index in [2.05, 4.69) is 25.2 Å². The molecule has 0 saturated heterocycles. The zero-order chi connectivity index (χ0) is 29.8. The van der Waals surface area contributed by atoms with E-state index in [9.17, 15) is 22.4 Å². The number of hydrogen-bond acceptors (Lipinski definition) is 7. The Balaban J connectivity index is 1.75. The molecule has 0 N–H and O–H groups in total. The van der Waals surface area contributed by atoms with Crippen molar-refractivity contribution in [3.8, 4) is 16.9 Å². The van der Waals surface area contributed by atoms with Gasteiger partial charge in [-0.1, -0.05) is 25.1 Å². The first-order valence-corrected chi connectivity index (χ1v) is 11.9. The molecule has 4 rings (SSSR count). The first-order valence-electron chi connectivity index (χ1n) is 11.9. The maximum absolute atomic E-state index is 16.5. The largest absolute Gasteiger partial charge is 0.484 e. The molecule has 0 aliphatic rings. The lowest BCUT2D eigenvalue weighted by Crippen LogP contribution is -2.51. The number of rotatable bonds is 10. The summed E-state index contributed by atoms with van der Waals surface area (Å²) in [5.41, 5.74) is -4.18. The lowest BCUT2D eigenvalue weighted by Gasteiger charge is -2.39. The molecule has 4 aromatic rings. The van der Waals surface area contributed by atoms with Gasteiger partial charge in [-0.2, -0.15) is 22.0 Å². The van der Waals surface area contributed by atoms with Gasteiger partial charge in [-0.3, -0.25) is 9.78 Å². The van der Waals surface area contributed by atoms with Crippen LogP contribution in [0, 0.1) is 11.6 Å². The third-order valence-corrected chi connectivity index (χ3v) is 5.90. The second-order valence-corrected chi connectivity index (χ2v) is 8.72. The summed E-state index contributed by atoms with van der Waals surface area (Å²) in [4.78, 5) is 16.3. The van der Waals surface area contributed by atoms with Crippen molar-refractivity contribution in [1.29, 1.82) is 0 Å². The van der Waals surface area contributed by atoms with Crippen LogP contribution in [0.5, 0.6) is 5.75 Å². The Hall–Kier alpha value is -4.56. The average Bonchev–Trinajstić information content (AvgIpc) is 3.44. The Labute approximate surface area is 227 Å². The van der Waals surface area contributed by atoms with E-state index in [4.69, 9.17) is 4.74 Å². The van der Waals surface area contributed by atoms with Crippen molar-refractivity contribution in [3.63, 3.8) is 0 Å². The van der Waals surface area contributed by atoms with Crippen LogP contribution in [0.2, 0.25) is 0 Å². The number of carbonyl (C=O) groups is 1. The second kappa shape index (κ2) is 11.5. The molecule has 15 heteroatoms. The summed E-state index contributed by atoms with van der Waals surface area (Å²) in [7, 11) is 0. The molecule has 2 aromatic heterocycles. The van der Waals surface area contributed by atoms with Gasteiger partial charge in [-0.15, -0.1) is 5.10 Å². The molecule has 0 radical (unpaired) electrons. The summed E-state index contributed by atoms with van der Waals surface area (Å²) in [6.45, 7) is -1.11. The van der Waals surface area contributed by atoms with E-state index in [1.807, 2.05) is 0 Å². The highest BCUT2D eigenvalue weighted by atomic mass is 19.4. The SMILES string of the molecule is CCC(=O)OC(Cn1cnnn1)(c1ccc(F)cc1F)C(F)(F)c1ccc(-c2ccc(OCC(F)(F)F)cc2)cn1. The Morgan fingerprint density at radius 3 is 2.22 bits per heavy atom. The molecule has 1 atom stereocenters. The quantitative estimate of drug-likeness (QED) is 0.177. The van der Waals surface area contributed by atoms with Gasteiger partial charge < -0.3 is 9.47 Å². The molecule has 0 aliphatic heterocycles. The minimum atomic E-state index is -4.52. The fraction of sp³-hybridized carbons (Fsp3) is 0.269. The topological polar surface area (TPSA) is 92.0 Å². The number of ether oxygens (including phenoxy) is 2. The van der Waals surface area contributed by atoms with E-state index in [0.29, 0.717) is 17.2 Å². The number of carbonyl (C=O) groups excluding carboxylic acids is 1. The van der Waals surface area contributed by atoms with Gasteiger partial charge in [-0.05, 0) is 46.3 Å². The molecule has 41 heavy (non-hydrogen) atoms. The molecule has 2 aromatic carbocycles. The Bertz CT molecular complexity index is 1480. The van der Waals surface area contributed by atoms with Crippen molar-refractivity contribution in [2.75, 3.05) is 6.61 Å². The van der Waals surface area contributed by atoms with Crippen LogP contribution < -0.4 is 4.74 Å². The Morgan fingerprint density at radius 1 is 0.951 bits per heavy atom. The normalized spacial score (nSPS) is 13.5. The molecular formula is C26H20F7N5O3. The smallest absolute Gasteiger partial charge is 0.422 e. The number of nitrogens with zero attached hydrogens (tertiary/aromatic N) is 5. The van der Waals surface area contributed by atoms with Crippen molar-refractivity contribution in [2.45, 2.75) is 37.6 Å². The highest BCUT2D eigenvalue weighted by Crippen LogP contribution is 2.50. The summed E-state index contributed by atoms with van der Waals surface area (Å²) in [6, 6.07) is 9.34. The third kappa shape index (κ3) is 6.44.